The molecule has 1 aromatic heterocycles. The lowest BCUT2D eigenvalue weighted by Gasteiger charge is -2.26. The van der Waals surface area contributed by atoms with E-state index in [2.05, 4.69) is 20.2 Å². The first-order valence-electron chi connectivity index (χ1n) is 7.94. The van der Waals surface area contributed by atoms with Crippen LogP contribution in [0.1, 0.15) is 38.4 Å². The van der Waals surface area contributed by atoms with Crippen molar-refractivity contribution in [2.45, 2.75) is 45.1 Å². The number of aromatic nitrogens is 2. The molecule has 0 radical (unpaired) electrons. The fourth-order valence-corrected chi connectivity index (χ4v) is 2.75. The van der Waals surface area contributed by atoms with Gasteiger partial charge in [-0.25, -0.2) is 4.98 Å². The van der Waals surface area contributed by atoms with Gasteiger partial charge in [-0.3, -0.25) is 14.5 Å². The monoisotopic (exact) mass is 307 g/mol. The molecule has 0 bridgehead atoms. The van der Waals surface area contributed by atoms with Crippen molar-refractivity contribution < 1.29 is 4.79 Å². The van der Waals surface area contributed by atoms with Crippen molar-refractivity contribution in [1.29, 1.82) is 0 Å². The molecule has 0 aromatic carbocycles. The van der Waals surface area contributed by atoms with Crippen LogP contribution in [0.2, 0.25) is 0 Å². The van der Waals surface area contributed by atoms with E-state index in [0.29, 0.717) is 18.8 Å². The summed E-state index contributed by atoms with van der Waals surface area (Å²) in [6, 6.07) is 1.12. The number of nitrogens with two attached hydrogens (primary N) is 1. The molecule has 7 heteroatoms. The molecule has 22 heavy (non-hydrogen) atoms. The van der Waals surface area contributed by atoms with E-state index in [1.165, 1.54) is 18.9 Å². The lowest BCUT2D eigenvalue weighted by molar-refractivity contribution is -0.125. The van der Waals surface area contributed by atoms with E-state index in [1.54, 1.807) is 0 Å². The van der Waals surface area contributed by atoms with Gasteiger partial charge in [0.1, 0.15) is 11.6 Å². The Balaban J connectivity index is 1.80. The van der Waals surface area contributed by atoms with Crippen molar-refractivity contribution in [3.05, 3.63) is 22.2 Å². The zero-order valence-corrected chi connectivity index (χ0v) is 13.1. The van der Waals surface area contributed by atoms with Crippen molar-refractivity contribution in [2.75, 3.05) is 25.4 Å². The molecule has 7 nitrogen and oxygen atoms in total. The number of amides is 1. The molecule has 2 rings (SSSR count). The normalized spacial score (nSPS) is 17.7. The Bertz CT molecular complexity index is 549. The fourth-order valence-electron chi connectivity index (χ4n) is 2.75. The van der Waals surface area contributed by atoms with Gasteiger partial charge < -0.3 is 16.0 Å². The van der Waals surface area contributed by atoms with E-state index >= 15 is 0 Å². The first-order valence-corrected chi connectivity index (χ1v) is 7.94. The Morgan fingerprint density at radius 1 is 1.41 bits per heavy atom. The summed E-state index contributed by atoms with van der Waals surface area (Å²) >= 11 is 0. The van der Waals surface area contributed by atoms with Crippen LogP contribution in [0.15, 0.2) is 10.9 Å². The first kappa shape index (κ1) is 16.5. The summed E-state index contributed by atoms with van der Waals surface area (Å²) in [4.78, 5) is 32.4. The quantitative estimate of drug-likeness (QED) is 0.724. The molecule has 1 fully saturated rings. The Hall–Kier alpha value is -1.89. The average Bonchev–Trinajstić information content (AvgIpc) is 2.74. The van der Waals surface area contributed by atoms with Crippen LogP contribution in [0, 0.1) is 0 Å². The predicted octanol–water partition coefficient (Wildman–Crippen LogP) is 0.275. The van der Waals surface area contributed by atoms with Crippen molar-refractivity contribution in [2.24, 2.45) is 0 Å². The van der Waals surface area contributed by atoms with Gasteiger partial charge in [0.05, 0.1) is 6.04 Å². The lowest BCUT2D eigenvalue weighted by atomic mass is 10.2. The molecule has 1 atom stereocenters. The molecule has 0 saturated carbocycles. The highest BCUT2D eigenvalue weighted by molar-refractivity contribution is 5.81. The summed E-state index contributed by atoms with van der Waals surface area (Å²) in [5, 5.41) is 2.90. The summed E-state index contributed by atoms with van der Waals surface area (Å²) < 4.78 is 0. The first-order chi connectivity index (χ1) is 10.6. The van der Waals surface area contributed by atoms with E-state index in [-0.39, 0.29) is 23.3 Å². The van der Waals surface area contributed by atoms with Gasteiger partial charge in [0, 0.05) is 19.0 Å². The Kier molecular flexibility index (Phi) is 5.94. The van der Waals surface area contributed by atoms with Crippen molar-refractivity contribution in [3.8, 4) is 0 Å². The maximum atomic E-state index is 12.2. The molecule has 0 unspecified atom stereocenters. The summed E-state index contributed by atoms with van der Waals surface area (Å²) in [6.45, 7) is 4.35. The molecule has 0 aliphatic carbocycles. The van der Waals surface area contributed by atoms with Crippen molar-refractivity contribution in [1.82, 2.24) is 20.2 Å². The maximum absolute atomic E-state index is 12.2. The predicted molar refractivity (Wildman–Crippen MR) is 85.5 cm³/mol. The highest BCUT2D eigenvalue weighted by Crippen LogP contribution is 2.12. The SMILES string of the molecule is C[C@@H](C(=O)NCCc1nc(N)cc(=O)[nH]1)N1CCCCCC1. The second-order valence-electron chi connectivity index (χ2n) is 5.78. The largest absolute Gasteiger partial charge is 0.383 e. The molecule has 2 heterocycles. The Labute approximate surface area is 130 Å². The third-order valence-electron chi connectivity index (χ3n) is 4.04. The number of hydrogen-bond donors (Lipinski definition) is 3. The minimum Gasteiger partial charge on any atom is -0.383 e. The van der Waals surface area contributed by atoms with Crippen molar-refractivity contribution in [3.63, 3.8) is 0 Å². The van der Waals surface area contributed by atoms with E-state index in [4.69, 9.17) is 5.73 Å². The number of hydrogen-bond acceptors (Lipinski definition) is 5. The van der Waals surface area contributed by atoms with E-state index in [1.807, 2.05) is 6.92 Å². The number of likely N-dealkylation sites (tertiary alicyclic amines) is 1. The molecule has 1 aromatic rings. The molecule has 1 saturated heterocycles. The number of carbonyl (C=O) groups is 1. The van der Waals surface area contributed by atoms with Crippen LogP contribution in [0.5, 0.6) is 0 Å². The minimum atomic E-state index is -0.272. The van der Waals surface area contributed by atoms with Gasteiger partial charge >= 0.3 is 0 Å². The number of H-pyrrole nitrogens is 1. The van der Waals surface area contributed by atoms with Crippen LogP contribution < -0.4 is 16.6 Å². The molecular formula is C15H25N5O2. The van der Waals surface area contributed by atoms with Gasteiger partial charge in [-0.05, 0) is 32.9 Å². The Morgan fingerprint density at radius 2 is 2.09 bits per heavy atom. The van der Waals surface area contributed by atoms with E-state index < -0.39 is 0 Å². The van der Waals surface area contributed by atoms with Gasteiger partial charge in [0.25, 0.3) is 5.56 Å². The number of anilines is 1. The third-order valence-corrected chi connectivity index (χ3v) is 4.04. The molecule has 122 valence electrons. The van der Waals surface area contributed by atoms with Crippen LogP contribution in [-0.2, 0) is 11.2 Å². The number of nitrogen functional groups attached to an aromatic ring is 1. The maximum Gasteiger partial charge on any atom is 0.252 e. The Morgan fingerprint density at radius 3 is 2.73 bits per heavy atom. The smallest absolute Gasteiger partial charge is 0.252 e. The second-order valence-corrected chi connectivity index (χ2v) is 5.78. The van der Waals surface area contributed by atoms with Crippen LogP contribution in [0.3, 0.4) is 0 Å². The number of rotatable bonds is 5. The lowest BCUT2D eigenvalue weighted by Crippen LogP contribution is -2.46. The average molecular weight is 307 g/mol. The van der Waals surface area contributed by atoms with Gasteiger partial charge in [0.2, 0.25) is 5.91 Å². The molecule has 0 spiro atoms. The van der Waals surface area contributed by atoms with Gasteiger partial charge in [-0.1, -0.05) is 12.8 Å². The number of nitrogens with zero attached hydrogens (tertiary/aromatic N) is 2. The van der Waals surface area contributed by atoms with Crippen LogP contribution in [0.4, 0.5) is 5.82 Å². The van der Waals surface area contributed by atoms with E-state index in [0.717, 1.165) is 25.9 Å². The zero-order chi connectivity index (χ0) is 15.9. The van der Waals surface area contributed by atoms with Gasteiger partial charge in [0.15, 0.2) is 0 Å². The van der Waals surface area contributed by atoms with Gasteiger partial charge in [-0.2, -0.15) is 0 Å². The summed E-state index contributed by atoms with van der Waals surface area (Å²) in [6.07, 6.45) is 5.27. The number of aromatic amines is 1. The van der Waals surface area contributed by atoms with Crippen LogP contribution >= 0.6 is 0 Å². The van der Waals surface area contributed by atoms with Gasteiger partial charge in [-0.15, -0.1) is 0 Å². The van der Waals surface area contributed by atoms with Crippen molar-refractivity contribution >= 4 is 11.7 Å². The third kappa shape index (κ3) is 4.84. The number of carbonyl (C=O) groups excluding carboxylic acids is 1. The number of nitrogens with one attached hydrogen (secondary N) is 2. The highest BCUT2D eigenvalue weighted by Gasteiger charge is 2.21. The highest BCUT2D eigenvalue weighted by atomic mass is 16.2. The zero-order valence-electron chi connectivity index (χ0n) is 13.1. The molecule has 1 aliphatic heterocycles. The molecular weight excluding hydrogens is 282 g/mol. The van der Waals surface area contributed by atoms with Crippen LogP contribution in [-0.4, -0.2) is 46.5 Å². The standard InChI is InChI=1S/C15H25N5O2/c1-11(20-8-4-2-3-5-9-20)15(22)17-7-6-13-18-12(16)10-14(21)19-13/h10-11H,2-9H2,1H3,(H,17,22)(H3,16,18,19,21)/t11-/m0/s1. The summed E-state index contributed by atoms with van der Waals surface area (Å²) in [5.74, 6) is 0.712. The molecule has 4 N–H and O–H groups in total. The topological polar surface area (TPSA) is 104 Å². The fraction of sp³-hybridized carbons (Fsp3) is 0.667. The summed E-state index contributed by atoms with van der Waals surface area (Å²) in [7, 11) is 0. The minimum absolute atomic E-state index is 0.0214. The summed E-state index contributed by atoms with van der Waals surface area (Å²) in [5.41, 5.74) is 5.25. The second kappa shape index (κ2) is 7.93. The molecule has 1 aliphatic rings. The van der Waals surface area contributed by atoms with E-state index in [9.17, 15) is 9.59 Å². The molecule has 1 amide bonds. The van der Waals surface area contributed by atoms with Crippen LogP contribution in [0.25, 0.3) is 0 Å².